The van der Waals surface area contributed by atoms with Crippen LogP contribution in [0, 0.1) is 5.92 Å². The molecule has 0 atom stereocenters. The van der Waals surface area contributed by atoms with Gasteiger partial charge in [-0.05, 0) is 12.3 Å². The van der Waals surface area contributed by atoms with Crippen LogP contribution in [0.4, 0.5) is 5.82 Å². The summed E-state index contributed by atoms with van der Waals surface area (Å²) in [6, 6.07) is 2.02. The van der Waals surface area contributed by atoms with Gasteiger partial charge in [-0.3, -0.25) is 4.68 Å². The highest BCUT2D eigenvalue weighted by Gasteiger charge is 2.13. The second-order valence-electron chi connectivity index (χ2n) is 4.24. The lowest BCUT2D eigenvalue weighted by molar-refractivity contribution is 0.518. The molecule has 1 heterocycles. The van der Waals surface area contributed by atoms with Crippen LogP contribution in [0.2, 0.25) is 0 Å². The Morgan fingerprint density at radius 1 is 1.50 bits per heavy atom. The fraction of sp³-hybridized carbons (Fsp3) is 0.727. The second-order valence-corrected chi connectivity index (χ2v) is 4.24. The first-order valence-corrected chi connectivity index (χ1v) is 5.58. The van der Waals surface area contributed by atoms with Crippen molar-refractivity contribution in [2.45, 2.75) is 32.1 Å². The molecule has 0 aromatic carbocycles. The van der Waals surface area contributed by atoms with Gasteiger partial charge in [0.15, 0.2) is 0 Å². The number of hydrogen-bond acceptors (Lipinski definition) is 2. The van der Waals surface area contributed by atoms with E-state index in [0.29, 0.717) is 0 Å². The average Bonchev–Trinajstić information content (AvgIpc) is 2.77. The molecule has 2 rings (SSSR count). The molecular formula is C11H19N3. The number of nitrogens with zero attached hydrogens (tertiary/aromatic N) is 2. The molecular weight excluding hydrogens is 174 g/mol. The van der Waals surface area contributed by atoms with Gasteiger partial charge >= 0.3 is 0 Å². The summed E-state index contributed by atoms with van der Waals surface area (Å²) in [6.07, 6.45) is 9.02. The molecule has 0 radical (unpaired) electrons. The van der Waals surface area contributed by atoms with Crippen molar-refractivity contribution in [3.63, 3.8) is 0 Å². The molecule has 1 aromatic rings. The highest BCUT2D eigenvalue weighted by Crippen LogP contribution is 2.27. The van der Waals surface area contributed by atoms with E-state index in [4.69, 9.17) is 0 Å². The third-order valence-electron chi connectivity index (χ3n) is 3.05. The molecule has 78 valence electrons. The van der Waals surface area contributed by atoms with E-state index in [1.807, 2.05) is 24.0 Å². The summed E-state index contributed by atoms with van der Waals surface area (Å²) >= 11 is 0. The zero-order valence-electron chi connectivity index (χ0n) is 8.87. The summed E-state index contributed by atoms with van der Waals surface area (Å²) < 4.78 is 1.83. The minimum absolute atomic E-state index is 0.964. The maximum atomic E-state index is 4.28. The van der Waals surface area contributed by atoms with Gasteiger partial charge in [0.2, 0.25) is 0 Å². The van der Waals surface area contributed by atoms with Crippen molar-refractivity contribution in [1.82, 2.24) is 9.78 Å². The fourth-order valence-electron chi connectivity index (χ4n) is 2.21. The van der Waals surface area contributed by atoms with Crippen LogP contribution in [-0.2, 0) is 7.05 Å². The maximum Gasteiger partial charge on any atom is 0.147 e. The number of anilines is 1. The SMILES string of the molecule is Cn1ccc(NCCC2CCCC2)n1. The summed E-state index contributed by atoms with van der Waals surface area (Å²) in [6.45, 7) is 1.07. The van der Waals surface area contributed by atoms with E-state index in [9.17, 15) is 0 Å². The number of aromatic nitrogens is 2. The number of nitrogens with one attached hydrogen (secondary N) is 1. The molecule has 0 amide bonds. The third-order valence-corrected chi connectivity index (χ3v) is 3.05. The minimum Gasteiger partial charge on any atom is -0.369 e. The van der Waals surface area contributed by atoms with Gasteiger partial charge in [0, 0.05) is 25.9 Å². The highest BCUT2D eigenvalue weighted by molar-refractivity contribution is 5.31. The number of hydrogen-bond donors (Lipinski definition) is 1. The van der Waals surface area contributed by atoms with Crippen molar-refractivity contribution in [3.05, 3.63) is 12.3 Å². The lowest BCUT2D eigenvalue weighted by atomic mass is 10.0. The first-order valence-electron chi connectivity index (χ1n) is 5.58. The van der Waals surface area contributed by atoms with E-state index in [2.05, 4.69) is 10.4 Å². The Hall–Kier alpha value is -0.990. The first-order chi connectivity index (χ1) is 6.84. The van der Waals surface area contributed by atoms with Gasteiger partial charge < -0.3 is 5.32 Å². The molecule has 1 saturated carbocycles. The lowest BCUT2D eigenvalue weighted by Gasteiger charge is -2.08. The molecule has 1 aliphatic carbocycles. The molecule has 1 aromatic heterocycles. The van der Waals surface area contributed by atoms with E-state index in [1.54, 1.807) is 0 Å². The molecule has 1 N–H and O–H groups in total. The standard InChI is InChI=1S/C11H19N3/c1-14-9-7-11(13-14)12-8-6-10-4-2-3-5-10/h7,9-10H,2-6,8H2,1H3,(H,12,13). The molecule has 14 heavy (non-hydrogen) atoms. The summed E-state index contributed by atoms with van der Waals surface area (Å²) in [7, 11) is 1.95. The molecule has 0 saturated heterocycles. The Morgan fingerprint density at radius 3 is 2.93 bits per heavy atom. The van der Waals surface area contributed by atoms with Crippen LogP contribution < -0.4 is 5.32 Å². The Balaban J connectivity index is 1.67. The Bertz CT molecular complexity index is 274. The van der Waals surface area contributed by atoms with Crippen LogP contribution >= 0.6 is 0 Å². The molecule has 0 bridgehead atoms. The molecule has 3 nitrogen and oxygen atoms in total. The molecule has 0 aliphatic heterocycles. The van der Waals surface area contributed by atoms with Crippen LogP contribution in [0.15, 0.2) is 12.3 Å². The van der Waals surface area contributed by atoms with Crippen molar-refractivity contribution in [1.29, 1.82) is 0 Å². The quantitative estimate of drug-likeness (QED) is 0.795. The predicted molar refractivity (Wildman–Crippen MR) is 58.3 cm³/mol. The van der Waals surface area contributed by atoms with Crippen molar-refractivity contribution in [2.75, 3.05) is 11.9 Å². The van der Waals surface area contributed by atoms with Crippen LogP contribution in [0.1, 0.15) is 32.1 Å². The van der Waals surface area contributed by atoms with E-state index >= 15 is 0 Å². The van der Waals surface area contributed by atoms with Gasteiger partial charge in [0.05, 0.1) is 0 Å². The van der Waals surface area contributed by atoms with E-state index < -0.39 is 0 Å². The summed E-state index contributed by atoms with van der Waals surface area (Å²) in [4.78, 5) is 0. The average molecular weight is 193 g/mol. The van der Waals surface area contributed by atoms with Crippen LogP contribution in [-0.4, -0.2) is 16.3 Å². The lowest BCUT2D eigenvalue weighted by Crippen LogP contribution is -2.07. The van der Waals surface area contributed by atoms with Gasteiger partial charge in [0.25, 0.3) is 0 Å². The zero-order valence-corrected chi connectivity index (χ0v) is 8.87. The largest absolute Gasteiger partial charge is 0.369 e. The van der Waals surface area contributed by atoms with Gasteiger partial charge in [-0.1, -0.05) is 25.7 Å². The molecule has 3 heteroatoms. The van der Waals surface area contributed by atoms with E-state index in [-0.39, 0.29) is 0 Å². The van der Waals surface area contributed by atoms with Gasteiger partial charge in [-0.15, -0.1) is 0 Å². The van der Waals surface area contributed by atoms with Gasteiger partial charge in [-0.2, -0.15) is 5.10 Å². The topological polar surface area (TPSA) is 29.9 Å². The van der Waals surface area contributed by atoms with Crippen LogP contribution in [0.25, 0.3) is 0 Å². The maximum absolute atomic E-state index is 4.28. The van der Waals surface area contributed by atoms with Crippen LogP contribution in [0.5, 0.6) is 0 Å². The van der Waals surface area contributed by atoms with E-state index in [0.717, 1.165) is 18.3 Å². The number of rotatable bonds is 4. The third kappa shape index (κ3) is 2.50. The normalized spacial score (nSPS) is 17.5. The van der Waals surface area contributed by atoms with Gasteiger partial charge in [0.1, 0.15) is 5.82 Å². The first kappa shape index (κ1) is 9.56. The molecule has 0 unspecified atom stereocenters. The Morgan fingerprint density at radius 2 is 2.29 bits per heavy atom. The van der Waals surface area contributed by atoms with Crippen molar-refractivity contribution in [3.8, 4) is 0 Å². The van der Waals surface area contributed by atoms with Crippen molar-refractivity contribution in [2.24, 2.45) is 13.0 Å². The van der Waals surface area contributed by atoms with Crippen molar-refractivity contribution >= 4 is 5.82 Å². The monoisotopic (exact) mass is 193 g/mol. The molecule has 1 fully saturated rings. The second kappa shape index (κ2) is 4.49. The fourth-order valence-corrected chi connectivity index (χ4v) is 2.21. The predicted octanol–water partition coefficient (Wildman–Crippen LogP) is 2.41. The molecule has 1 aliphatic rings. The zero-order chi connectivity index (χ0) is 9.80. The Kier molecular flexibility index (Phi) is 3.07. The molecule has 0 spiro atoms. The summed E-state index contributed by atoms with van der Waals surface area (Å²) in [5.74, 6) is 1.97. The van der Waals surface area contributed by atoms with Crippen molar-refractivity contribution < 1.29 is 0 Å². The summed E-state index contributed by atoms with van der Waals surface area (Å²) in [5, 5.41) is 7.64. The van der Waals surface area contributed by atoms with E-state index in [1.165, 1.54) is 32.1 Å². The highest BCUT2D eigenvalue weighted by atomic mass is 15.3. The Labute approximate surface area is 85.5 Å². The smallest absolute Gasteiger partial charge is 0.147 e. The minimum atomic E-state index is 0.964. The number of aryl methyl sites for hydroxylation is 1. The van der Waals surface area contributed by atoms with Crippen LogP contribution in [0.3, 0.4) is 0 Å². The summed E-state index contributed by atoms with van der Waals surface area (Å²) in [5.41, 5.74) is 0. The van der Waals surface area contributed by atoms with Gasteiger partial charge in [-0.25, -0.2) is 0 Å².